The Morgan fingerprint density at radius 2 is 1.67 bits per heavy atom. The van der Waals surface area contributed by atoms with Gasteiger partial charge in [0.2, 0.25) is 0 Å². The molecule has 1 unspecified atom stereocenters. The van der Waals surface area contributed by atoms with Crippen molar-refractivity contribution in [1.29, 1.82) is 0 Å². The largest absolute Gasteiger partial charge is 0.416 e. The molecule has 1 heterocycles. The van der Waals surface area contributed by atoms with Crippen molar-refractivity contribution < 1.29 is 13.2 Å². The van der Waals surface area contributed by atoms with Gasteiger partial charge in [-0.1, -0.05) is 28.1 Å². The van der Waals surface area contributed by atoms with Crippen LogP contribution in [0.4, 0.5) is 13.2 Å². The first-order valence-corrected chi connectivity index (χ1v) is 6.98. The van der Waals surface area contributed by atoms with Crippen LogP contribution in [0.3, 0.4) is 0 Å². The maximum atomic E-state index is 12.4. The number of alkyl halides is 4. The summed E-state index contributed by atoms with van der Waals surface area (Å²) in [5.74, 6) is 0. The van der Waals surface area contributed by atoms with E-state index in [-0.39, 0.29) is 4.83 Å². The first-order valence-electron chi connectivity index (χ1n) is 5.25. The zero-order valence-corrected chi connectivity index (χ0v) is 11.9. The number of thiophene rings is 1. The summed E-state index contributed by atoms with van der Waals surface area (Å²) in [6.07, 6.45) is -4.28. The Morgan fingerprint density at radius 3 is 2.11 bits per heavy atom. The van der Waals surface area contributed by atoms with Crippen LogP contribution in [0.5, 0.6) is 0 Å². The Hall–Kier alpha value is -0.810. The molecule has 5 heteroatoms. The SMILES string of the molecule is Cc1ccc(C(Br)c2ccc(C(F)(F)F)cc2)s1. The molecule has 18 heavy (non-hydrogen) atoms. The summed E-state index contributed by atoms with van der Waals surface area (Å²) in [6, 6.07) is 9.23. The molecule has 0 nitrogen and oxygen atoms in total. The van der Waals surface area contributed by atoms with E-state index in [1.807, 2.05) is 19.1 Å². The predicted molar refractivity (Wildman–Crippen MR) is 71.3 cm³/mol. The lowest BCUT2D eigenvalue weighted by atomic mass is 10.1. The highest BCUT2D eigenvalue weighted by atomic mass is 79.9. The van der Waals surface area contributed by atoms with Gasteiger partial charge in [-0.05, 0) is 36.8 Å². The van der Waals surface area contributed by atoms with Crippen LogP contribution in [-0.4, -0.2) is 0 Å². The average molecular weight is 335 g/mol. The van der Waals surface area contributed by atoms with Crippen molar-refractivity contribution >= 4 is 27.3 Å². The van der Waals surface area contributed by atoms with Crippen LogP contribution >= 0.6 is 27.3 Å². The van der Waals surface area contributed by atoms with E-state index < -0.39 is 11.7 Å². The summed E-state index contributed by atoms with van der Waals surface area (Å²) in [5, 5.41) is 0. The third-order valence-corrected chi connectivity index (χ3v) is 4.93. The number of aryl methyl sites for hydroxylation is 1. The molecule has 0 amide bonds. The number of benzene rings is 1. The number of halogens is 4. The van der Waals surface area contributed by atoms with E-state index >= 15 is 0 Å². The van der Waals surface area contributed by atoms with Gasteiger partial charge in [-0.3, -0.25) is 0 Å². The van der Waals surface area contributed by atoms with Crippen LogP contribution in [-0.2, 0) is 6.18 Å². The molecule has 0 fully saturated rings. The summed E-state index contributed by atoms with van der Waals surface area (Å²) < 4.78 is 37.3. The van der Waals surface area contributed by atoms with E-state index in [1.165, 1.54) is 17.0 Å². The van der Waals surface area contributed by atoms with Gasteiger partial charge in [-0.2, -0.15) is 13.2 Å². The molecule has 96 valence electrons. The highest BCUT2D eigenvalue weighted by Gasteiger charge is 2.30. The minimum Gasteiger partial charge on any atom is -0.166 e. The van der Waals surface area contributed by atoms with Crippen molar-refractivity contribution in [3.63, 3.8) is 0 Å². The van der Waals surface area contributed by atoms with Crippen molar-refractivity contribution in [1.82, 2.24) is 0 Å². The molecular weight excluding hydrogens is 325 g/mol. The maximum absolute atomic E-state index is 12.4. The molecule has 0 aliphatic rings. The van der Waals surface area contributed by atoms with E-state index in [0.717, 1.165) is 22.6 Å². The monoisotopic (exact) mass is 334 g/mol. The zero-order valence-electron chi connectivity index (χ0n) is 9.46. The minimum atomic E-state index is -4.28. The molecule has 0 saturated heterocycles. The lowest BCUT2D eigenvalue weighted by Gasteiger charge is -2.10. The lowest BCUT2D eigenvalue weighted by Crippen LogP contribution is -2.04. The molecule has 0 radical (unpaired) electrons. The van der Waals surface area contributed by atoms with Crippen molar-refractivity contribution in [2.75, 3.05) is 0 Å². The van der Waals surface area contributed by atoms with E-state index in [9.17, 15) is 13.2 Å². The van der Waals surface area contributed by atoms with E-state index in [0.29, 0.717) is 0 Å². The molecule has 0 aliphatic heterocycles. The zero-order chi connectivity index (χ0) is 13.3. The fourth-order valence-corrected chi connectivity index (χ4v) is 3.22. The Balaban J connectivity index is 2.24. The van der Waals surface area contributed by atoms with Crippen molar-refractivity contribution in [3.8, 4) is 0 Å². The van der Waals surface area contributed by atoms with E-state index in [4.69, 9.17) is 0 Å². The first kappa shape index (κ1) is 13.6. The molecule has 0 bridgehead atoms. The number of hydrogen-bond acceptors (Lipinski definition) is 1. The van der Waals surface area contributed by atoms with Gasteiger partial charge in [-0.25, -0.2) is 0 Å². The first-order chi connectivity index (χ1) is 8.38. The van der Waals surface area contributed by atoms with Crippen LogP contribution in [0.15, 0.2) is 36.4 Å². The molecular formula is C13H10BrF3S. The summed E-state index contributed by atoms with van der Waals surface area (Å²) >= 11 is 5.14. The van der Waals surface area contributed by atoms with Gasteiger partial charge in [0.25, 0.3) is 0 Å². The van der Waals surface area contributed by atoms with Gasteiger partial charge in [0.1, 0.15) is 0 Å². The molecule has 0 spiro atoms. The predicted octanol–water partition coefficient (Wildman–Crippen LogP) is 5.56. The fourth-order valence-electron chi connectivity index (χ4n) is 1.59. The quantitative estimate of drug-likeness (QED) is 0.630. The van der Waals surface area contributed by atoms with E-state index in [2.05, 4.69) is 15.9 Å². The average Bonchev–Trinajstić information content (AvgIpc) is 2.74. The molecule has 2 rings (SSSR count). The number of hydrogen-bond donors (Lipinski definition) is 0. The summed E-state index contributed by atoms with van der Waals surface area (Å²) in [6.45, 7) is 2.00. The molecule has 0 saturated carbocycles. The maximum Gasteiger partial charge on any atom is 0.416 e. The second-order valence-electron chi connectivity index (χ2n) is 3.93. The molecule has 1 atom stereocenters. The van der Waals surface area contributed by atoms with Crippen LogP contribution < -0.4 is 0 Å². The van der Waals surface area contributed by atoms with Crippen molar-refractivity contribution in [3.05, 3.63) is 57.3 Å². The normalized spacial score (nSPS) is 13.6. The highest BCUT2D eigenvalue weighted by Crippen LogP contribution is 2.36. The molecule has 2 aromatic rings. The summed E-state index contributed by atoms with van der Waals surface area (Å²) in [5.41, 5.74) is 0.207. The fraction of sp³-hybridized carbons (Fsp3) is 0.231. The third kappa shape index (κ3) is 2.95. The summed E-state index contributed by atoms with van der Waals surface area (Å²) in [4.78, 5) is 2.21. The van der Waals surface area contributed by atoms with Crippen molar-refractivity contribution in [2.45, 2.75) is 17.9 Å². The standard InChI is InChI=1S/C13H10BrF3S/c1-8-2-7-11(18-8)12(14)9-3-5-10(6-4-9)13(15,16)17/h2-7,12H,1H3. The molecule has 0 N–H and O–H groups in total. The Labute approximate surface area is 116 Å². The Kier molecular flexibility index (Phi) is 3.82. The van der Waals surface area contributed by atoms with Gasteiger partial charge < -0.3 is 0 Å². The number of rotatable bonds is 2. The lowest BCUT2D eigenvalue weighted by molar-refractivity contribution is -0.137. The smallest absolute Gasteiger partial charge is 0.166 e. The van der Waals surface area contributed by atoms with Gasteiger partial charge in [-0.15, -0.1) is 11.3 Å². The van der Waals surface area contributed by atoms with Gasteiger partial charge >= 0.3 is 6.18 Å². The Bertz CT molecular complexity index is 528. The van der Waals surface area contributed by atoms with Crippen LogP contribution in [0.25, 0.3) is 0 Å². The molecule has 1 aromatic heterocycles. The Morgan fingerprint density at radius 1 is 1.06 bits per heavy atom. The van der Waals surface area contributed by atoms with Gasteiger partial charge in [0.15, 0.2) is 0 Å². The molecule has 1 aromatic carbocycles. The molecule has 0 aliphatic carbocycles. The van der Waals surface area contributed by atoms with Crippen LogP contribution in [0.2, 0.25) is 0 Å². The summed E-state index contributed by atoms with van der Waals surface area (Å²) in [7, 11) is 0. The van der Waals surface area contributed by atoms with Crippen molar-refractivity contribution in [2.24, 2.45) is 0 Å². The van der Waals surface area contributed by atoms with Crippen LogP contribution in [0, 0.1) is 6.92 Å². The minimum absolute atomic E-state index is 0.0570. The van der Waals surface area contributed by atoms with E-state index in [1.54, 1.807) is 11.3 Å². The van der Waals surface area contributed by atoms with Gasteiger partial charge in [0, 0.05) is 9.75 Å². The topological polar surface area (TPSA) is 0 Å². The van der Waals surface area contributed by atoms with Gasteiger partial charge in [0.05, 0.1) is 10.4 Å². The second kappa shape index (κ2) is 5.05. The highest BCUT2D eigenvalue weighted by molar-refractivity contribution is 9.09. The third-order valence-electron chi connectivity index (χ3n) is 2.54. The van der Waals surface area contributed by atoms with Crippen LogP contribution in [0.1, 0.15) is 25.7 Å². The second-order valence-corrected chi connectivity index (χ2v) is 6.17.